The third-order valence-electron chi connectivity index (χ3n) is 6.14. The molecule has 1 aliphatic rings. The van der Waals surface area contributed by atoms with E-state index in [1.165, 1.54) is 37.7 Å². The van der Waals surface area contributed by atoms with Gasteiger partial charge in [0.25, 0.3) is 0 Å². The zero-order chi connectivity index (χ0) is 20.4. The predicted octanol–water partition coefficient (Wildman–Crippen LogP) is 6.43. The molecule has 0 saturated heterocycles. The van der Waals surface area contributed by atoms with Gasteiger partial charge in [0.2, 0.25) is 0 Å². The Morgan fingerprint density at radius 1 is 1.21 bits per heavy atom. The third kappa shape index (κ3) is 4.15. The molecule has 0 bridgehead atoms. The Bertz CT molecular complexity index is 995. The van der Waals surface area contributed by atoms with Gasteiger partial charge in [-0.3, -0.25) is 0 Å². The van der Waals surface area contributed by atoms with E-state index >= 15 is 0 Å². The summed E-state index contributed by atoms with van der Waals surface area (Å²) in [6.45, 7) is 4.96. The van der Waals surface area contributed by atoms with Crippen LogP contribution < -0.4 is 0 Å². The van der Waals surface area contributed by atoms with Gasteiger partial charge in [-0.1, -0.05) is 50.5 Å². The molecule has 3 aromatic rings. The zero-order valence-electron chi connectivity index (χ0n) is 17.1. The minimum Gasteiger partial charge on any atom is -0.478 e. The van der Waals surface area contributed by atoms with Gasteiger partial charge in [-0.2, -0.15) is 0 Å². The van der Waals surface area contributed by atoms with Gasteiger partial charge in [0.15, 0.2) is 0 Å². The molecule has 1 aliphatic carbocycles. The minimum atomic E-state index is -0.864. The Hall–Kier alpha value is -2.40. The topological polar surface area (TPSA) is 55.1 Å². The van der Waals surface area contributed by atoms with Crippen LogP contribution in [0.1, 0.15) is 60.6 Å². The average Bonchev–Trinajstić information content (AvgIpc) is 3.34. The lowest BCUT2D eigenvalue weighted by Gasteiger charge is -2.24. The quantitative estimate of drug-likeness (QED) is 0.511. The number of nitrogens with zero attached hydrogens (tertiary/aromatic N) is 2. The van der Waals surface area contributed by atoms with Crippen LogP contribution in [0.5, 0.6) is 0 Å². The molecular weight excluding hydrogens is 380 g/mol. The van der Waals surface area contributed by atoms with Gasteiger partial charge >= 0.3 is 5.97 Å². The predicted molar refractivity (Wildman–Crippen MR) is 119 cm³/mol. The summed E-state index contributed by atoms with van der Waals surface area (Å²) in [5.41, 5.74) is 5.44. The van der Waals surface area contributed by atoms with Crippen molar-refractivity contribution in [1.82, 2.24) is 9.55 Å². The van der Waals surface area contributed by atoms with Crippen molar-refractivity contribution in [2.24, 2.45) is 5.92 Å². The van der Waals surface area contributed by atoms with E-state index in [4.69, 9.17) is 4.98 Å². The SMILES string of the molecule is CCc1ccc(-c2nc(-c3cc(C(=O)O)c(C)n3CC3CCCCC3)cs2)cc1. The first-order valence-electron chi connectivity index (χ1n) is 10.6. The van der Waals surface area contributed by atoms with Crippen LogP contribution in [0.25, 0.3) is 22.0 Å². The van der Waals surface area contributed by atoms with Crippen molar-refractivity contribution in [2.75, 3.05) is 0 Å². The molecule has 0 spiro atoms. The number of carboxylic acids is 1. The fourth-order valence-corrected chi connectivity index (χ4v) is 5.16. The van der Waals surface area contributed by atoms with Gasteiger partial charge in [0, 0.05) is 23.2 Å². The second kappa shape index (κ2) is 8.54. The second-order valence-corrected chi connectivity index (χ2v) is 8.89. The highest BCUT2D eigenvalue weighted by atomic mass is 32.1. The second-order valence-electron chi connectivity index (χ2n) is 8.04. The van der Waals surface area contributed by atoms with E-state index in [0.29, 0.717) is 11.5 Å². The van der Waals surface area contributed by atoms with Gasteiger partial charge in [-0.15, -0.1) is 11.3 Å². The van der Waals surface area contributed by atoms with Gasteiger partial charge in [-0.25, -0.2) is 9.78 Å². The molecule has 2 heterocycles. The molecular formula is C24H28N2O2S. The maximum Gasteiger partial charge on any atom is 0.337 e. The van der Waals surface area contributed by atoms with E-state index in [0.717, 1.165) is 40.6 Å². The molecule has 1 saturated carbocycles. The zero-order valence-corrected chi connectivity index (χ0v) is 18.0. The molecule has 0 atom stereocenters. The fraction of sp³-hybridized carbons (Fsp3) is 0.417. The van der Waals surface area contributed by atoms with Crippen LogP contribution in [0.2, 0.25) is 0 Å². The van der Waals surface area contributed by atoms with E-state index in [1.807, 2.05) is 6.92 Å². The Morgan fingerprint density at radius 2 is 1.93 bits per heavy atom. The normalized spacial score (nSPS) is 15.0. The number of carboxylic acid groups (broad SMARTS) is 1. The molecule has 1 fully saturated rings. The van der Waals surface area contributed by atoms with Crippen LogP contribution in [0, 0.1) is 12.8 Å². The van der Waals surface area contributed by atoms with Crippen molar-refractivity contribution in [2.45, 2.75) is 58.9 Å². The number of thiazole rings is 1. The summed E-state index contributed by atoms with van der Waals surface area (Å²) in [6, 6.07) is 10.3. The molecule has 0 amide bonds. The van der Waals surface area contributed by atoms with E-state index in [-0.39, 0.29) is 0 Å². The molecule has 1 aromatic carbocycles. The summed E-state index contributed by atoms with van der Waals surface area (Å²) in [5, 5.41) is 12.7. The third-order valence-corrected chi connectivity index (χ3v) is 7.03. The lowest BCUT2D eigenvalue weighted by molar-refractivity contribution is 0.0696. The first-order chi connectivity index (χ1) is 14.1. The summed E-state index contributed by atoms with van der Waals surface area (Å²) < 4.78 is 2.19. The molecule has 0 unspecified atom stereocenters. The van der Waals surface area contributed by atoms with Crippen molar-refractivity contribution in [3.05, 3.63) is 52.5 Å². The molecule has 0 radical (unpaired) electrons. The molecule has 2 aromatic heterocycles. The van der Waals surface area contributed by atoms with Crippen LogP contribution in [0.4, 0.5) is 0 Å². The monoisotopic (exact) mass is 408 g/mol. The number of hydrogen-bond donors (Lipinski definition) is 1. The fourth-order valence-electron chi connectivity index (χ4n) is 4.34. The van der Waals surface area contributed by atoms with Crippen molar-refractivity contribution >= 4 is 17.3 Å². The smallest absolute Gasteiger partial charge is 0.337 e. The summed E-state index contributed by atoms with van der Waals surface area (Å²) in [7, 11) is 0. The summed E-state index contributed by atoms with van der Waals surface area (Å²) in [6.07, 6.45) is 7.36. The van der Waals surface area contributed by atoms with Gasteiger partial charge < -0.3 is 9.67 Å². The summed E-state index contributed by atoms with van der Waals surface area (Å²) in [4.78, 5) is 16.6. The molecule has 29 heavy (non-hydrogen) atoms. The maximum absolute atomic E-state index is 11.8. The van der Waals surface area contributed by atoms with E-state index < -0.39 is 5.97 Å². The number of benzene rings is 1. The Labute approximate surface area is 176 Å². The van der Waals surface area contributed by atoms with E-state index in [9.17, 15) is 9.90 Å². The molecule has 4 nitrogen and oxygen atoms in total. The average molecular weight is 409 g/mol. The minimum absolute atomic E-state index is 0.387. The van der Waals surface area contributed by atoms with Gasteiger partial charge in [0.1, 0.15) is 5.01 Å². The Kier molecular flexibility index (Phi) is 5.86. The number of aromatic nitrogens is 2. The number of carbonyl (C=O) groups is 1. The lowest BCUT2D eigenvalue weighted by Crippen LogP contribution is -2.16. The molecule has 4 rings (SSSR count). The Balaban J connectivity index is 1.69. The number of aryl methyl sites for hydroxylation is 1. The summed E-state index contributed by atoms with van der Waals surface area (Å²) in [5.74, 6) is -0.244. The van der Waals surface area contributed by atoms with E-state index in [2.05, 4.69) is 41.1 Å². The van der Waals surface area contributed by atoms with Gasteiger partial charge in [-0.05, 0) is 43.7 Å². The number of rotatable bonds is 6. The van der Waals surface area contributed by atoms with Crippen LogP contribution in [-0.4, -0.2) is 20.6 Å². The first kappa shape index (κ1) is 19.9. The highest BCUT2D eigenvalue weighted by molar-refractivity contribution is 7.13. The summed E-state index contributed by atoms with van der Waals surface area (Å²) >= 11 is 1.62. The molecule has 1 N–H and O–H groups in total. The largest absolute Gasteiger partial charge is 0.478 e. The van der Waals surface area contributed by atoms with Crippen molar-refractivity contribution in [1.29, 1.82) is 0 Å². The number of hydrogen-bond acceptors (Lipinski definition) is 3. The van der Waals surface area contributed by atoms with Crippen LogP contribution in [-0.2, 0) is 13.0 Å². The van der Waals surface area contributed by atoms with Crippen LogP contribution >= 0.6 is 11.3 Å². The van der Waals surface area contributed by atoms with Crippen LogP contribution in [0.15, 0.2) is 35.7 Å². The van der Waals surface area contributed by atoms with Crippen molar-refractivity contribution in [3.63, 3.8) is 0 Å². The van der Waals surface area contributed by atoms with Crippen LogP contribution in [0.3, 0.4) is 0 Å². The van der Waals surface area contributed by atoms with E-state index in [1.54, 1.807) is 17.4 Å². The maximum atomic E-state index is 11.8. The highest BCUT2D eigenvalue weighted by Gasteiger charge is 2.23. The van der Waals surface area contributed by atoms with Gasteiger partial charge in [0.05, 0.1) is 17.0 Å². The molecule has 152 valence electrons. The highest BCUT2D eigenvalue weighted by Crippen LogP contribution is 2.34. The lowest BCUT2D eigenvalue weighted by atomic mass is 9.89. The standard InChI is InChI=1S/C24H28N2O2S/c1-3-17-9-11-19(12-10-17)23-25-21(15-29-23)22-13-20(24(27)28)16(2)26(22)14-18-7-5-4-6-8-18/h9-13,15,18H,3-8,14H2,1-2H3,(H,27,28). The van der Waals surface area contributed by atoms with Crippen molar-refractivity contribution < 1.29 is 9.90 Å². The number of aromatic carboxylic acids is 1. The van der Waals surface area contributed by atoms with Crippen molar-refractivity contribution in [3.8, 4) is 22.0 Å². The molecule has 0 aliphatic heterocycles. The Morgan fingerprint density at radius 3 is 2.59 bits per heavy atom. The molecule has 5 heteroatoms. The first-order valence-corrected chi connectivity index (χ1v) is 11.4.